The number of carbonyl (C=O) groups is 1. The maximum atomic E-state index is 12.8. The van der Waals surface area contributed by atoms with Crippen LogP contribution in [-0.4, -0.2) is 47.2 Å². The first kappa shape index (κ1) is 22.5. The summed E-state index contributed by atoms with van der Waals surface area (Å²) < 4.78 is 53.0. The van der Waals surface area contributed by atoms with Gasteiger partial charge in [-0.2, -0.15) is 4.98 Å². The summed E-state index contributed by atoms with van der Waals surface area (Å²) in [5.41, 5.74) is -0.822. The monoisotopic (exact) mass is 416 g/mol. The van der Waals surface area contributed by atoms with Crippen molar-refractivity contribution in [1.29, 1.82) is 0 Å². The molecule has 0 bridgehead atoms. The van der Waals surface area contributed by atoms with Gasteiger partial charge in [0.1, 0.15) is 17.4 Å². The highest BCUT2D eigenvalue weighted by atomic mass is 19.4. The van der Waals surface area contributed by atoms with Gasteiger partial charge in [-0.3, -0.25) is 0 Å². The molecule has 1 aromatic heterocycles. The zero-order valence-electron chi connectivity index (χ0n) is 16.7. The van der Waals surface area contributed by atoms with Crippen LogP contribution in [0.5, 0.6) is 5.75 Å². The smallest absolute Gasteiger partial charge is 0.444 e. The highest BCUT2D eigenvalue weighted by Gasteiger charge is 2.35. The van der Waals surface area contributed by atoms with Crippen LogP contribution >= 0.6 is 0 Å². The second kappa shape index (κ2) is 8.68. The van der Waals surface area contributed by atoms with Gasteiger partial charge in [0.15, 0.2) is 5.82 Å². The highest BCUT2D eigenvalue weighted by Crippen LogP contribution is 2.33. The van der Waals surface area contributed by atoms with Crippen LogP contribution in [0.1, 0.15) is 44.1 Å². The van der Waals surface area contributed by atoms with Crippen molar-refractivity contribution in [3.63, 3.8) is 0 Å². The lowest BCUT2D eigenvalue weighted by molar-refractivity contribution is -0.275. The first-order chi connectivity index (χ1) is 13.3. The molecule has 0 fully saturated rings. The van der Waals surface area contributed by atoms with E-state index in [9.17, 15) is 18.0 Å². The predicted molar refractivity (Wildman–Crippen MR) is 96.0 cm³/mol. The van der Waals surface area contributed by atoms with Gasteiger partial charge in [-0.1, -0.05) is 23.4 Å². The minimum atomic E-state index is -4.92. The number of amides is 1. The van der Waals surface area contributed by atoms with Gasteiger partial charge in [0, 0.05) is 5.56 Å². The largest absolute Gasteiger partial charge is 0.573 e. The number of alkyl carbamates (subject to hydrolysis) is 1. The number of rotatable bonds is 6. The Labute approximate surface area is 166 Å². The summed E-state index contributed by atoms with van der Waals surface area (Å²) in [4.78, 5) is 18.3. The molecular weight excluding hydrogens is 393 g/mol. The standard InChI is InChI=1S/C18H23F3N4O4/c1-17(2,3)28-16(26)23-14(15-22-13(29-24-15)10-25(4)5)11-8-6-7-9-12(11)27-18(19,20)21/h6-9,14H,10H2,1-5H3,(H,23,26)/t14-/m1/s1. The number of para-hydroxylation sites is 1. The van der Waals surface area contributed by atoms with E-state index < -0.39 is 29.8 Å². The third-order valence-corrected chi connectivity index (χ3v) is 3.31. The molecule has 2 rings (SSSR count). The lowest BCUT2D eigenvalue weighted by Gasteiger charge is -2.23. The van der Waals surface area contributed by atoms with Crippen LogP contribution in [0, 0.1) is 0 Å². The predicted octanol–water partition coefficient (Wildman–Crippen LogP) is 3.64. The Kier molecular flexibility index (Phi) is 6.73. The first-order valence-corrected chi connectivity index (χ1v) is 8.65. The molecule has 1 heterocycles. The topological polar surface area (TPSA) is 89.7 Å². The second-order valence-electron chi connectivity index (χ2n) is 7.45. The van der Waals surface area contributed by atoms with Crippen LogP contribution < -0.4 is 10.1 Å². The van der Waals surface area contributed by atoms with Gasteiger partial charge in [-0.25, -0.2) is 4.79 Å². The number of nitrogens with zero attached hydrogens (tertiary/aromatic N) is 3. The number of alkyl halides is 3. The Morgan fingerprint density at radius 3 is 2.48 bits per heavy atom. The number of hydrogen-bond acceptors (Lipinski definition) is 7. The molecule has 160 valence electrons. The van der Waals surface area contributed by atoms with E-state index in [1.165, 1.54) is 18.2 Å². The first-order valence-electron chi connectivity index (χ1n) is 8.65. The van der Waals surface area contributed by atoms with E-state index in [1.807, 2.05) is 0 Å². The lowest BCUT2D eigenvalue weighted by atomic mass is 10.1. The molecule has 0 unspecified atom stereocenters. The third kappa shape index (κ3) is 7.26. The molecule has 0 saturated carbocycles. The van der Waals surface area contributed by atoms with Gasteiger partial charge in [0.05, 0.1) is 6.54 Å². The third-order valence-electron chi connectivity index (χ3n) is 3.31. The molecule has 0 spiro atoms. The fourth-order valence-corrected chi connectivity index (χ4v) is 2.36. The minimum absolute atomic E-state index is 0.00659. The molecule has 11 heteroatoms. The summed E-state index contributed by atoms with van der Waals surface area (Å²) in [7, 11) is 3.57. The summed E-state index contributed by atoms with van der Waals surface area (Å²) in [5.74, 6) is -0.304. The Morgan fingerprint density at radius 2 is 1.90 bits per heavy atom. The number of ether oxygens (including phenoxy) is 2. The number of nitrogens with one attached hydrogen (secondary N) is 1. The van der Waals surface area contributed by atoms with E-state index in [0.29, 0.717) is 6.54 Å². The van der Waals surface area contributed by atoms with E-state index in [4.69, 9.17) is 9.26 Å². The van der Waals surface area contributed by atoms with E-state index in [1.54, 1.807) is 39.8 Å². The summed E-state index contributed by atoms with van der Waals surface area (Å²) in [6.07, 6.45) is -5.77. The van der Waals surface area contributed by atoms with Gasteiger partial charge in [-0.05, 0) is 40.9 Å². The number of hydrogen-bond donors (Lipinski definition) is 1. The van der Waals surface area contributed by atoms with Crippen LogP contribution in [0.2, 0.25) is 0 Å². The van der Waals surface area contributed by atoms with Crippen molar-refractivity contribution in [3.8, 4) is 5.75 Å². The van der Waals surface area contributed by atoms with Crippen molar-refractivity contribution in [2.45, 2.75) is 45.3 Å². The Hall–Kier alpha value is -2.82. The van der Waals surface area contributed by atoms with Gasteiger partial charge >= 0.3 is 12.5 Å². The van der Waals surface area contributed by atoms with Crippen LogP contribution in [0.25, 0.3) is 0 Å². The Morgan fingerprint density at radius 1 is 1.24 bits per heavy atom. The summed E-state index contributed by atoms with van der Waals surface area (Å²) >= 11 is 0. The number of aromatic nitrogens is 2. The maximum Gasteiger partial charge on any atom is 0.573 e. The molecule has 0 aliphatic rings. The molecule has 1 atom stereocenters. The number of halogens is 3. The summed E-state index contributed by atoms with van der Waals surface area (Å²) in [5, 5.41) is 6.31. The van der Waals surface area contributed by atoms with Crippen molar-refractivity contribution < 1.29 is 32.0 Å². The van der Waals surface area contributed by atoms with E-state index in [-0.39, 0.29) is 17.3 Å². The zero-order chi connectivity index (χ0) is 21.8. The molecule has 1 amide bonds. The lowest BCUT2D eigenvalue weighted by Crippen LogP contribution is -2.36. The summed E-state index contributed by atoms with van der Waals surface area (Å²) in [6, 6.07) is 4.19. The number of benzene rings is 1. The average molecular weight is 416 g/mol. The minimum Gasteiger partial charge on any atom is -0.444 e. The van der Waals surface area contributed by atoms with Crippen molar-refractivity contribution in [2.24, 2.45) is 0 Å². The van der Waals surface area contributed by atoms with Crippen molar-refractivity contribution in [1.82, 2.24) is 20.4 Å². The van der Waals surface area contributed by atoms with Crippen LogP contribution in [0.4, 0.5) is 18.0 Å². The highest BCUT2D eigenvalue weighted by molar-refractivity contribution is 5.69. The maximum absolute atomic E-state index is 12.8. The average Bonchev–Trinajstić information content (AvgIpc) is 2.97. The van der Waals surface area contributed by atoms with Gasteiger partial charge < -0.3 is 24.2 Å². The van der Waals surface area contributed by atoms with Gasteiger partial charge in [0.2, 0.25) is 5.89 Å². The van der Waals surface area contributed by atoms with E-state index in [2.05, 4.69) is 20.2 Å². The molecule has 29 heavy (non-hydrogen) atoms. The fourth-order valence-electron chi connectivity index (χ4n) is 2.36. The van der Waals surface area contributed by atoms with Crippen LogP contribution in [-0.2, 0) is 11.3 Å². The molecule has 1 aromatic carbocycles. The summed E-state index contributed by atoms with van der Waals surface area (Å²) in [6.45, 7) is 5.29. The Balaban J connectivity index is 2.43. The molecule has 8 nitrogen and oxygen atoms in total. The van der Waals surface area contributed by atoms with Crippen molar-refractivity contribution in [3.05, 3.63) is 41.5 Å². The second-order valence-corrected chi connectivity index (χ2v) is 7.45. The van der Waals surface area contributed by atoms with Crippen molar-refractivity contribution >= 4 is 6.09 Å². The van der Waals surface area contributed by atoms with E-state index >= 15 is 0 Å². The molecule has 0 aliphatic heterocycles. The molecule has 0 saturated heterocycles. The number of carbonyl (C=O) groups excluding carboxylic acids is 1. The van der Waals surface area contributed by atoms with Gasteiger partial charge in [0.25, 0.3) is 0 Å². The van der Waals surface area contributed by atoms with Gasteiger partial charge in [-0.15, -0.1) is 13.2 Å². The fraction of sp³-hybridized carbons (Fsp3) is 0.500. The SMILES string of the molecule is CN(C)Cc1nc([C@H](NC(=O)OC(C)(C)C)c2ccccc2OC(F)(F)F)no1. The van der Waals surface area contributed by atoms with Crippen molar-refractivity contribution in [2.75, 3.05) is 14.1 Å². The van der Waals surface area contributed by atoms with E-state index in [0.717, 1.165) is 6.07 Å². The molecule has 2 aromatic rings. The van der Waals surface area contributed by atoms with Crippen LogP contribution in [0.3, 0.4) is 0 Å². The molecule has 0 radical (unpaired) electrons. The molecule has 1 N–H and O–H groups in total. The Bertz CT molecular complexity index is 831. The normalized spacial score (nSPS) is 13.3. The molecule has 0 aliphatic carbocycles. The molecular formula is C18H23F3N4O4. The quantitative estimate of drug-likeness (QED) is 0.769. The zero-order valence-corrected chi connectivity index (χ0v) is 16.7. The van der Waals surface area contributed by atoms with Crippen LogP contribution in [0.15, 0.2) is 28.8 Å².